The van der Waals surface area contributed by atoms with Crippen molar-refractivity contribution in [2.75, 3.05) is 26.7 Å². The predicted molar refractivity (Wildman–Crippen MR) is 110 cm³/mol. The Morgan fingerprint density at radius 2 is 2.08 bits per heavy atom. The highest BCUT2D eigenvalue weighted by Gasteiger charge is 2.08. The van der Waals surface area contributed by atoms with E-state index in [1.54, 1.807) is 11.3 Å². The molecule has 0 unspecified atom stereocenters. The van der Waals surface area contributed by atoms with Crippen LogP contribution in [0.2, 0.25) is 0 Å². The minimum atomic E-state index is 0.683. The van der Waals surface area contributed by atoms with Crippen LogP contribution in [0.15, 0.2) is 40.7 Å². The fraction of sp³-hybridized carbons (Fsp3) is 0.500. The number of aryl methyl sites for hydroxylation is 1. The molecule has 2 aromatic rings. The highest BCUT2D eigenvalue weighted by molar-refractivity contribution is 7.09. The van der Waals surface area contributed by atoms with E-state index < -0.39 is 0 Å². The second kappa shape index (κ2) is 11.6. The van der Waals surface area contributed by atoms with Crippen LogP contribution in [0.5, 0.6) is 0 Å². The molecular formula is C20H30N4OS. The summed E-state index contributed by atoms with van der Waals surface area (Å²) in [5.74, 6) is 0.934. The molecule has 26 heavy (non-hydrogen) atoms. The first kappa shape index (κ1) is 20.4. The normalized spacial score (nSPS) is 11.6. The Bertz CT molecular complexity index is 657. The van der Waals surface area contributed by atoms with E-state index in [-0.39, 0.29) is 0 Å². The van der Waals surface area contributed by atoms with Gasteiger partial charge in [0.15, 0.2) is 5.96 Å². The van der Waals surface area contributed by atoms with Crippen LogP contribution < -0.4 is 5.32 Å². The van der Waals surface area contributed by atoms with Gasteiger partial charge in [0.2, 0.25) is 0 Å². The number of unbranched alkanes of at least 4 members (excludes halogenated alkanes) is 1. The van der Waals surface area contributed by atoms with Gasteiger partial charge in [-0.15, -0.1) is 11.3 Å². The standard InChI is InChI=1S/C20H30N4OS/c1-4-21-20(24(3)14-19-16-26-17(2)23-19)22-12-8-9-13-25-15-18-10-6-5-7-11-18/h5-7,10-11,16H,4,8-9,12-15H2,1-3H3,(H,21,22). The van der Waals surface area contributed by atoms with Gasteiger partial charge >= 0.3 is 0 Å². The lowest BCUT2D eigenvalue weighted by atomic mass is 10.2. The molecule has 1 aromatic heterocycles. The molecule has 0 bridgehead atoms. The van der Waals surface area contributed by atoms with E-state index in [2.05, 4.69) is 46.7 Å². The maximum Gasteiger partial charge on any atom is 0.194 e. The van der Waals surface area contributed by atoms with Crippen molar-refractivity contribution < 1.29 is 4.74 Å². The molecule has 6 heteroatoms. The van der Waals surface area contributed by atoms with Crippen molar-refractivity contribution in [3.8, 4) is 0 Å². The summed E-state index contributed by atoms with van der Waals surface area (Å²) in [6.45, 7) is 8.02. The van der Waals surface area contributed by atoms with Crippen molar-refractivity contribution >= 4 is 17.3 Å². The molecule has 0 radical (unpaired) electrons. The zero-order chi connectivity index (χ0) is 18.6. The fourth-order valence-electron chi connectivity index (χ4n) is 2.53. The average molecular weight is 375 g/mol. The molecule has 0 atom stereocenters. The van der Waals surface area contributed by atoms with Crippen LogP contribution in [0.3, 0.4) is 0 Å². The first-order valence-electron chi connectivity index (χ1n) is 9.21. The van der Waals surface area contributed by atoms with E-state index in [4.69, 9.17) is 9.73 Å². The maximum atomic E-state index is 5.72. The number of hydrogen-bond acceptors (Lipinski definition) is 4. The second-order valence-electron chi connectivity index (χ2n) is 6.19. The fourth-order valence-corrected chi connectivity index (χ4v) is 3.14. The molecule has 2 rings (SSSR count). The van der Waals surface area contributed by atoms with E-state index in [0.717, 1.165) is 55.7 Å². The number of aromatic nitrogens is 1. The molecule has 0 saturated heterocycles. The molecule has 1 heterocycles. The number of aliphatic imine (C=N–C) groups is 1. The SMILES string of the molecule is CCNC(=NCCCCOCc1ccccc1)N(C)Cc1csc(C)n1. The van der Waals surface area contributed by atoms with Crippen LogP contribution in [0.25, 0.3) is 0 Å². The lowest BCUT2D eigenvalue weighted by Gasteiger charge is -2.21. The van der Waals surface area contributed by atoms with Crippen LogP contribution >= 0.6 is 11.3 Å². The molecule has 0 aliphatic rings. The molecule has 5 nitrogen and oxygen atoms in total. The van der Waals surface area contributed by atoms with Gasteiger partial charge in [-0.3, -0.25) is 4.99 Å². The summed E-state index contributed by atoms with van der Waals surface area (Å²) in [4.78, 5) is 11.4. The van der Waals surface area contributed by atoms with Gasteiger partial charge in [0.05, 0.1) is 23.9 Å². The van der Waals surface area contributed by atoms with Gasteiger partial charge in [0.1, 0.15) is 0 Å². The van der Waals surface area contributed by atoms with Gasteiger partial charge in [-0.25, -0.2) is 4.98 Å². The van der Waals surface area contributed by atoms with Gasteiger partial charge in [0.25, 0.3) is 0 Å². The van der Waals surface area contributed by atoms with Crippen molar-refractivity contribution in [2.45, 2.75) is 39.8 Å². The minimum absolute atomic E-state index is 0.683. The van der Waals surface area contributed by atoms with Crippen LogP contribution in [-0.2, 0) is 17.9 Å². The molecule has 0 aliphatic heterocycles. The maximum absolute atomic E-state index is 5.72. The van der Waals surface area contributed by atoms with Crippen LogP contribution in [-0.4, -0.2) is 42.6 Å². The van der Waals surface area contributed by atoms with E-state index in [9.17, 15) is 0 Å². The zero-order valence-electron chi connectivity index (χ0n) is 16.1. The second-order valence-corrected chi connectivity index (χ2v) is 7.26. The van der Waals surface area contributed by atoms with Crippen LogP contribution in [0.1, 0.15) is 36.0 Å². The van der Waals surface area contributed by atoms with Crippen molar-refractivity contribution in [2.24, 2.45) is 4.99 Å². The highest BCUT2D eigenvalue weighted by atomic mass is 32.1. The molecular weight excluding hydrogens is 344 g/mol. The number of hydrogen-bond donors (Lipinski definition) is 1. The quantitative estimate of drug-likeness (QED) is 0.390. The lowest BCUT2D eigenvalue weighted by Crippen LogP contribution is -2.38. The minimum Gasteiger partial charge on any atom is -0.377 e. The Labute approximate surface area is 161 Å². The number of rotatable bonds is 10. The Morgan fingerprint density at radius 1 is 1.27 bits per heavy atom. The molecule has 0 amide bonds. The van der Waals surface area contributed by atoms with Gasteiger partial charge in [-0.2, -0.15) is 0 Å². The van der Waals surface area contributed by atoms with Crippen molar-refractivity contribution in [1.82, 2.24) is 15.2 Å². The van der Waals surface area contributed by atoms with Gasteiger partial charge < -0.3 is 15.0 Å². The Kier molecular flexibility index (Phi) is 9.14. The van der Waals surface area contributed by atoms with Gasteiger partial charge in [-0.05, 0) is 32.3 Å². The van der Waals surface area contributed by atoms with Crippen molar-refractivity contribution in [3.05, 3.63) is 52.0 Å². The van der Waals surface area contributed by atoms with Crippen LogP contribution in [0.4, 0.5) is 0 Å². The van der Waals surface area contributed by atoms with Crippen molar-refractivity contribution in [3.63, 3.8) is 0 Å². The molecule has 1 N–H and O–H groups in total. The summed E-state index contributed by atoms with van der Waals surface area (Å²) in [5, 5.41) is 6.57. The summed E-state index contributed by atoms with van der Waals surface area (Å²) in [6.07, 6.45) is 2.04. The van der Waals surface area contributed by atoms with E-state index in [1.807, 2.05) is 25.1 Å². The summed E-state index contributed by atoms with van der Waals surface area (Å²) in [7, 11) is 2.05. The monoisotopic (exact) mass is 374 g/mol. The zero-order valence-corrected chi connectivity index (χ0v) is 16.9. The Hall–Kier alpha value is -1.92. The first-order chi connectivity index (χ1) is 12.7. The van der Waals surface area contributed by atoms with E-state index in [1.165, 1.54) is 5.56 Å². The number of benzene rings is 1. The number of thiazole rings is 1. The first-order valence-corrected chi connectivity index (χ1v) is 10.1. The summed E-state index contributed by atoms with van der Waals surface area (Å²) < 4.78 is 5.72. The number of ether oxygens (including phenoxy) is 1. The number of guanidine groups is 1. The molecule has 1 aromatic carbocycles. The Balaban J connectivity index is 1.67. The largest absolute Gasteiger partial charge is 0.377 e. The molecule has 142 valence electrons. The van der Waals surface area contributed by atoms with Gasteiger partial charge in [-0.1, -0.05) is 30.3 Å². The summed E-state index contributed by atoms with van der Waals surface area (Å²) in [6, 6.07) is 10.3. The third-order valence-electron chi connectivity index (χ3n) is 3.83. The average Bonchev–Trinajstić information content (AvgIpc) is 3.05. The predicted octanol–water partition coefficient (Wildman–Crippen LogP) is 3.85. The topological polar surface area (TPSA) is 49.8 Å². The third-order valence-corrected chi connectivity index (χ3v) is 4.65. The molecule has 0 spiro atoms. The smallest absolute Gasteiger partial charge is 0.194 e. The van der Waals surface area contributed by atoms with E-state index in [0.29, 0.717) is 6.61 Å². The highest BCUT2D eigenvalue weighted by Crippen LogP contribution is 2.10. The summed E-state index contributed by atoms with van der Waals surface area (Å²) >= 11 is 1.69. The molecule has 0 aliphatic carbocycles. The van der Waals surface area contributed by atoms with Crippen molar-refractivity contribution in [1.29, 1.82) is 0 Å². The number of nitrogens with one attached hydrogen (secondary N) is 1. The van der Waals surface area contributed by atoms with Gasteiger partial charge in [0, 0.05) is 32.1 Å². The lowest BCUT2D eigenvalue weighted by molar-refractivity contribution is 0.117. The molecule has 0 fully saturated rings. The summed E-state index contributed by atoms with van der Waals surface area (Å²) in [5.41, 5.74) is 2.31. The van der Waals surface area contributed by atoms with Crippen LogP contribution in [0, 0.1) is 6.92 Å². The molecule has 0 saturated carbocycles. The number of nitrogens with zero attached hydrogens (tertiary/aromatic N) is 3. The third kappa shape index (κ3) is 7.54. The van der Waals surface area contributed by atoms with E-state index >= 15 is 0 Å². The Morgan fingerprint density at radius 3 is 2.77 bits per heavy atom.